The van der Waals surface area contributed by atoms with E-state index in [0.29, 0.717) is 12.5 Å². The van der Waals surface area contributed by atoms with E-state index in [2.05, 4.69) is 21.2 Å². The van der Waals surface area contributed by atoms with Crippen LogP contribution >= 0.6 is 11.5 Å². The molecule has 100 valence electrons. The first-order chi connectivity index (χ1) is 8.76. The molecule has 18 heavy (non-hydrogen) atoms. The highest BCUT2D eigenvalue weighted by Crippen LogP contribution is 2.39. The first kappa shape index (κ1) is 12.3. The predicted octanol–water partition coefficient (Wildman–Crippen LogP) is 1.66. The van der Waals surface area contributed by atoms with Gasteiger partial charge in [0, 0.05) is 37.6 Å². The number of methoxy groups -OCH3 is 1. The molecular formula is C12H19N3O2S. The Hall–Kier alpha value is -0.720. The molecule has 1 aliphatic carbocycles. The maximum absolute atomic E-state index is 5.83. The molecule has 1 aromatic heterocycles. The van der Waals surface area contributed by atoms with Gasteiger partial charge < -0.3 is 14.4 Å². The number of nitrogens with zero attached hydrogens (tertiary/aromatic N) is 3. The third-order valence-corrected chi connectivity index (χ3v) is 4.11. The van der Waals surface area contributed by atoms with E-state index in [1.807, 2.05) is 0 Å². The standard InChI is InChI=1S/C12H19N3O2S/c1-8-5-15(6-10(17-8)7-16-2)12-13-11(14-18-12)9-3-4-9/h8-10H,3-7H2,1-2H3. The van der Waals surface area contributed by atoms with Crippen molar-refractivity contribution < 1.29 is 9.47 Å². The molecule has 0 aromatic carbocycles. The number of hydrogen-bond acceptors (Lipinski definition) is 6. The van der Waals surface area contributed by atoms with Gasteiger partial charge in [0.15, 0.2) is 0 Å². The van der Waals surface area contributed by atoms with E-state index in [9.17, 15) is 0 Å². The number of aromatic nitrogens is 2. The lowest BCUT2D eigenvalue weighted by Crippen LogP contribution is -2.48. The van der Waals surface area contributed by atoms with Gasteiger partial charge in [0.25, 0.3) is 0 Å². The molecule has 1 aliphatic heterocycles. The number of hydrogen-bond donors (Lipinski definition) is 0. The van der Waals surface area contributed by atoms with Gasteiger partial charge in [-0.2, -0.15) is 4.37 Å². The van der Waals surface area contributed by atoms with Crippen molar-refractivity contribution in [1.82, 2.24) is 9.36 Å². The lowest BCUT2D eigenvalue weighted by molar-refractivity contribution is -0.0511. The molecule has 0 N–H and O–H groups in total. The molecular weight excluding hydrogens is 250 g/mol. The zero-order valence-electron chi connectivity index (χ0n) is 10.8. The lowest BCUT2D eigenvalue weighted by atomic mass is 10.2. The summed E-state index contributed by atoms with van der Waals surface area (Å²) in [6, 6.07) is 0. The average Bonchev–Trinajstić information content (AvgIpc) is 3.07. The summed E-state index contributed by atoms with van der Waals surface area (Å²) in [6.45, 7) is 4.46. The molecule has 2 atom stereocenters. The molecule has 0 radical (unpaired) electrons. The van der Waals surface area contributed by atoms with Crippen molar-refractivity contribution in [3.63, 3.8) is 0 Å². The predicted molar refractivity (Wildman–Crippen MR) is 70.3 cm³/mol. The monoisotopic (exact) mass is 269 g/mol. The van der Waals surface area contributed by atoms with Crippen molar-refractivity contribution in [1.29, 1.82) is 0 Å². The second-order valence-corrected chi connectivity index (χ2v) is 5.87. The minimum atomic E-state index is 0.132. The average molecular weight is 269 g/mol. The second kappa shape index (κ2) is 5.11. The Kier molecular flexibility index (Phi) is 3.50. The van der Waals surface area contributed by atoms with Gasteiger partial charge in [0.1, 0.15) is 5.82 Å². The summed E-state index contributed by atoms with van der Waals surface area (Å²) in [6.07, 6.45) is 2.85. The van der Waals surface area contributed by atoms with Crippen molar-refractivity contribution in [2.45, 2.75) is 37.9 Å². The number of anilines is 1. The highest BCUT2D eigenvalue weighted by molar-refractivity contribution is 7.09. The zero-order chi connectivity index (χ0) is 12.5. The first-order valence-electron chi connectivity index (χ1n) is 6.49. The molecule has 0 amide bonds. The van der Waals surface area contributed by atoms with Crippen LogP contribution in [0.25, 0.3) is 0 Å². The van der Waals surface area contributed by atoms with Crippen LogP contribution in [0.15, 0.2) is 0 Å². The van der Waals surface area contributed by atoms with E-state index >= 15 is 0 Å². The Balaban J connectivity index is 1.69. The van der Waals surface area contributed by atoms with E-state index in [4.69, 9.17) is 9.47 Å². The van der Waals surface area contributed by atoms with Gasteiger partial charge in [-0.3, -0.25) is 0 Å². The highest BCUT2D eigenvalue weighted by atomic mass is 32.1. The smallest absolute Gasteiger partial charge is 0.205 e. The van der Waals surface area contributed by atoms with Gasteiger partial charge in [-0.15, -0.1) is 0 Å². The molecule has 0 bridgehead atoms. The molecule has 3 rings (SSSR count). The minimum Gasteiger partial charge on any atom is -0.382 e. The maximum atomic E-state index is 5.83. The first-order valence-corrected chi connectivity index (χ1v) is 7.26. The summed E-state index contributed by atoms with van der Waals surface area (Å²) in [7, 11) is 1.71. The van der Waals surface area contributed by atoms with E-state index in [1.165, 1.54) is 24.4 Å². The summed E-state index contributed by atoms with van der Waals surface area (Å²) in [5.41, 5.74) is 0. The number of ether oxygens (including phenoxy) is 2. The van der Waals surface area contributed by atoms with E-state index < -0.39 is 0 Å². The van der Waals surface area contributed by atoms with Gasteiger partial charge >= 0.3 is 0 Å². The summed E-state index contributed by atoms with van der Waals surface area (Å²) in [5.74, 6) is 1.67. The van der Waals surface area contributed by atoms with Crippen molar-refractivity contribution in [2.75, 3.05) is 31.7 Å². The highest BCUT2D eigenvalue weighted by Gasteiger charge is 2.31. The summed E-state index contributed by atoms with van der Waals surface area (Å²) in [5, 5.41) is 1.04. The van der Waals surface area contributed by atoms with E-state index in [-0.39, 0.29) is 12.2 Å². The van der Waals surface area contributed by atoms with Crippen LogP contribution in [0.5, 0.6) is 0 Å². The van der Waals surface area contributed by atoms with Crippen LogP contribution in [0.1, 0.15) is 31.5 Å². The number of morpholine rings is 1. The fraction of sp³-hybridized carbons (Fsp3) is 0.833. The van der Waals surface area contributed by atoms with Crippen LogP contribution in [0.4, 0.5) is 5.13 Å². The minimum absolute atomic E-state index is 0.132. The van der Waals surface area contributed by atoms with Crippen molar-refractivity contribution in [2.24, 2.45) is 0 Å². The second-order valence-electron chi connectivity index (χ2n) is 5.14. The molecule has 6 heteroatoms. The SMILES string of the molecule is COCC1CN(c2nc(C3CC3)ns2)CC(C)O1. The topological polar surface area (TPSA) is 47.5 Å². The summed E-state index contributed by atoms with van der Waals surface area (Å²) < 4.78 is 15.5. The van der Waals surface area contributed by atoms with Gasteiger partial charge in [-0.25, -0.2) is 4.98 Å². The van der Waals surface area contributed by atoms with Crippen LogP contribution in [0.3, 0.4) is 0 Å². The Labute approximate surface area is 111 Å². The van der Waals surface area contributed by atoms with Crippen LogP contribution in [-0.4, -0.2) is 48.4 Å². The summed E-state index contributed by atoms with van der Waals surface area (Å²) in [4.78, 5) is 6.94. The third-order valence-electron chi connectivity index (χ3n) is 3.32. The normalized spacial score (nSPS) is 28.7. The molecule has 1 saturated heterocycles. The largest absolute Gasteiger partial charge is 0.382 e. The molecule has 2 fully saturated rings. The van der Waals surface area contributed by atoms with Crippen LogP contribution < -0.4 is 4.90 Å². The fourth-order valence-corrected chi connectivity index (χ4v) is 3.11. The van der Waals surface area contributed by atoms with Gasteiger partial charge in [-0.1, -0.05) is 0 Å². The van der Waals surface area contributed by atoms with Crippen molar-refractivity contribution in [3.05, 3.63) is 5.82 Å². The Bertz CT molecular complexity index is 408. The molecule has 1 aromatic rings. The number of rotatable bonds is 4. The van der Waals surface area contributed by atoms with Gasteiger partial charge in [-0.05, 0) is 19.8 Å². The van der Waals surface area contributed by atoms with Crippen molar-refractivity contribution in [3.8, 4) is 0 Å². The maximum Gasteiger partial charge on any atom is 0.205 e. The molecule has 0 spiro atoms. The lowest BCUT2D eigenvalue weighted by Gasteiger charge is -2.36. The zero-order valence-corrected chi connectivity index (χ0v) is 11.7. The van der Waals surface area contributed by atoms with Crippen LogP contribution in [0.2, 0.25) is 0 Å². The third kappa shape index (κ3) is 2.65. The van der Waals surface area contributed by atoms with Gasteiger partial charge in [0.05, 0.1) is 18.8 Å². The molecule has 1 saturated carbocycles. The van der Waals surface area contributed by atoms with Gasteiger partial charge in [0.2, 0.25) is 5.13 Å². The fourth-order valence-electron chi connectivity index (χ4n) is 2.34. The van der Waals surface area contributed by atoms with E-state index in [1.54, 1.807) is 7.11 Å². The van der Waals surface area contributed by atoms with Crippen LogP contribution in [0, 0.1) is 0 Å². The van der Waals surface area contributed by atoms with Crippen LogP contribution in [-0.2, 0) is 9.47 Å². The van der Waals surface area contributed by atoms with Crippen molar-refractivity contribution >= 4 is 16.7 Å². The molecule has 5 nitrogen and oxygen atoms in total. The van der Waals surface area contributed by atoms with E-state index in [0.717, 1.165) is 24.0 Å². The molecule has 2 unspecified atom stereocenters. The molecule has 2 heterocycles. The Morgan fingerprint density at radius 2 is 2.28 bits per heavy atom. The Morgan fingerprint density at radius 1 is 1.44 bits per heavy atom. The quantitative estimate of drug-likeness (QED) is 0.832. The summed E-state index contributed by atoms with van der Waals surface area (Å²) >= 11 is 1.52. The Morgan fingerprint density at radius 3 is 3.00 bits per heavy atom. The molecule has 2 aliphatic rings.